The van der Waals surface area contributed by atoms with Crippen LogP contribution in [0, 0.1) is 13.8 Å². The molecule has 0 radical (unpaired) electrons. The summed E-state index contributed by atoms with van der Waals surface area (Å²) in [6.45, 7) is 5.76. The number of H-pyrrole nitrogens is 1. The van der Waals surface area contributed by atoms with E-state index in [1.165, 1.54) is 0 Å². The smallest absolute Gasteiger partial charge is 0.193 e. The van der Waals surface area contributed by atoms with E-state index in [0.29, 0.717) is 12.8 Å². The minimum absolute atomic E-state index is 0.0967. The molecular weight excluding hydrogens is 296 g/mol. The number of fused-ring (bicyclic) bond motifs is 1. The monoisotopic (exact) mass is 316 g/mol. The number of aromatic amines is 1. The van der Waals surface area contributed by atoms with Gasteiger partial charge >= 0.3 is 0 Å². The van der Waals surface area contributed by atoms with Crippen LogP contribution in [0.5, 0.6) is 0 Å². The van der Waals surface area contributed by atoms with Crippen LogP contribution < -0.4 is 16.6 Å². The topological polar surface area (TPSA) is 83.3 Å². The normalized spacial score (nSPS) is 11.7. The molecule has 116 valence electrons. The van der Waals surface area contributed by atoms with Crippen molar-refractivity contribution < 1.29 is 0 Å². The summed E-state index contributed by atoms with van der Waals surface area (Å²) in [4.78, 5) is 16.1. The fourth-order valence-electron chi connectivity index (χ4n) is 2.49. The van der Waals surface area contributed by atoms with Crippen molar-refractivity contribution in [2.45, 2.75) is 33.6 Å². The van der Waals surface area contributed by atoms with Crippen molar-refractivity contribution in [2.24, 2.45) is 10.8 Å². The van der Waals surface area contributed by atoms with Gasteiger partial charge in [0.05, 0.1) is 0 Å². The van der Waals surface area contributed by atoms with Gasteiger partial charge < -0.3 is 10.7 Å². The highest BCUT2D eigenvalue weighted by Gasteiger charge is 2.11. The molecule has 0 atom stereocenters. The number of hydrazone groups is 1. The minimum atomic E-state index is 0.0967. The average Bonchev–Trinajstić information content (AvgIpc) is 2.44. The summed E-state index contributed by atoms with van der Waals surface area (Å²) in [6.07, 6.45) is 1.29. The van der Waals surface area contributed by atoms with E-state index in [2.05, 4.69) is 15.5 Å². The van der Waals surface area contributed by atoms with Crippen LogP contribution in [0.4, 0.5) is 0 Å². The molecule has 0 aliphatic rings. The summed E-state index contributed by atoms with van der Waals surface area (Å²) in [5.74, 6) is 0. The van der Waals surface area contributed by atoms with Gasteiger partial charge in [-0.05, 0) is 57.5 Å². The number of aryl methyl sites for hydroxylation is 2. The summed E-state index contributed by atoms with van der Waals surface area (Å²) < 4.78 is 0. The number of aromatic nitrogens is 1. The minimum Gasteiger partial charge on any atom is -0.375 e. The quantitative estimate of drug-likeness (QED) is 0.459. The molecule has 0 aliphatic carbocycles. The molecule has 4 N–H and O–H groups in total. The lowest BCUT2D eigenvalue weighted by Crippen LogP contribution is -2.25. The average molecular weight is 316 g/mol. The Morgan fingerprint density at radius 3 is 2.82 bits per heavy atom. The summed E-state index contributed by atoms with van der Waals surface area (Å²) in [5, 5.41) is 4.96. The number of hydrogen-bond donors (Lipinski definition) is 3. The van der Waals surface area contributed by atoms with E-state index >= 15 is 0 Å². The van der Waals surface area contributed by atoms with E-state index in [1.807, 2.05) is 39.0 Å². The zero-order valence-electron chi connectivity index (χ0n) is 13.0. The predicted octanol–water partition coefficient (Wildman–Crippen LogP) is 2.29. The van der Waals surface area contributed by atoms with Crippen molar-refractivity contribution in [1.29, 1.82) is 0 Å². The molecule has 22 heavy (non-hydrogen) atoms. The van der Waals surface area contributed by atoms with Crippen LogP contribution in [0.15, 0.2) is 28.1 Å². The van der Waals surface area contributed by atoms with E-state index in [1.54, 1.807) is 0 Å². The molecule has 6 heteroatoms. The molecule has 2 rings (SSSR count). The molecule has 0 saturated carbocycles. The molecule has 0 aliphatic heterocycles. The van der Waals surface area contributed by atoms with Gasteiger partial charge in [-0.1, -0.05) is 12.1 Å². The zero-order valence-corrected chi connectivity index (χ0v) is 13.8. The van der Waals surface area contributed by atoms with Gasteiger partial charge in [0.25, 0.3) is 0 Å². The van der Waals surface area contributed by atoms with Crippen LogP contribution in [-0.4, -0.2) is 15.8 Å². The van der Waals surface area contributed by atoms with Crippen molar-refractivity contribution in [3.05, 3.63) is 45.2 Å². The second-order valence-corrected chi connectivity index (χ2v) is 5.82. The zero-order chi connectivity index (χ0) is 16.3. The van der Waals surface area contributed by atoms with Crippen LogP contribution >= 0.6 is 12.2 Å². The van der Waals surface area contributed by atoms with Crippen molar-refractivity contribution in [3.63, 3.8) is 0 Å². The van der Waals surface area contributed by atoms with Crippen molar-refractivity contribution in [3.8, 4) is 0 Å². The van der Waals surface area contributed by atoms with Gasteiger partial charge in [-0.3, -0.25) is 10.2 Å². The third kappa shape index (κ3) is 3.51. The number of rotatable bonds is 4. The number of thiocarbonyl (C=S) groups is 1. The maximum Gasteiger partial charge on any atom is 0.193 e. The van der Waals surface area contributed by atoms with Gasteiger partial charge in [0.2, 0.25) is 0 Å². The van der Waals surface area contributed by atoms with E-state index < -0.39 is 0 Å². The predicted molar refractivity (Wildman–Crippen MR) is 95.4 cm³/mol. The van der Waals surface area contributed by atoms with E-state index in [-0.39, 0.29) is 10.5 Å². The highest BCUT2D eigenvalue weighted by molar-refractivity contribution is 7.80. The van der Waals surface area contributed by atoms with E-state index in [4.69, 9.17) is 18.0 Å². The molecule has 5 nitrogen and oxygen atoms in total. The lowest BCUT2D eigenvalue weighted by atomic mass is 10.0. The molecule has 0 unspecified atom stereocenters. The highest BCUT2D eigenvalue weighted by atomic mass is 32.1. The van der Waals surface area contributed by atoms with Crippen molar-refractivity contribution in [2.75, 3.05) is 0 Å². The van der Waals surface area contributed by atoms with Crippen molar-refractivity contribution in [1.82, 2.24) is 10.4 Å². The van der Waals surface area contributed by atoms with Crippen LogP contribution in [0.3, 0.4) is 0 Å². The Balaban J connectivity index is 2.32. The summed E-state index contributed by atoms with van der Waals surface area (Å²) in [5.41, 5.74) is 12.4. The van der Waals surface area contributed by atoms with E-state index in [9.17, 15) is 4.79 Å². The lowest BCUT2D eigenvalue weighted by molar-refractivity contribution is 0.947. The molecule has 0 bridgehead atoms. The molecule has 0 saturated heterocycles. The van der Waals surface area contributed by atoms with E-state index in [0.717, 1.165) is 33.4 Å². The Bertz CT molecular complexity index is 808. The fraction of sp³-hybridized carbons (Fsp3) is 0.312. The molecule has 0 amide bonds. The van der Waals surface area contributed by atoms with Gasteiger partial charge in [-0.25, -0.2) is 0 Å². The number of benzene rings is 1. The third-order valence-electron chi connectivity index (χ3n) is 3.64. The van der Waals surface area contributed by atoms with Crippen LogP contribution in [0.25, 0.3) is 10.9 Å². The molecule has 1 aromatic heterocycles. The number of hydrogen-bond acceptors (Lipinski definition) is 3. The van der Waals surface area contributed by atoms with Crippen LogP contribution in [-0.2, 0) is 6.42 Å². The Hall–Kier alpha value is -2.21. The lowest BCUT2D eigenvalue weighted by Gasteiger charge is -2.09. The number of nitrogens with zero attached hydrogens (tertiary/aromatic N) is 1. The number of nitrogens with two attached hydrogens (primary N) is 1. The SMILES string of the molecule is CC(CCc1c(C)[nH]c2cccc(C)c2c1=O)=NNC(N)=S. The maximum absolute atomic E-state index is 12.7. The first kappa shape index (κ1) is 16.2. The number of pyridine rings is 1. The van der Waals surface area contributed by atoms with Crippen LogP contribution in [0.1, 0.15) is 30.2 Å². The first-order valence-corrected chi connectivity index (χ1v) is 7.50. The Morgan fingerprint density at radius 2 is 2.14 bits per heavy atom. The molecule has 1 heterocycles. The van der Waals surface area contributed by atoms with Gasteiger partial charge in [0, 0.05) is 27.9 Å². The first-order valence-electron chi connectivity index (χ1n) is 7.10. The molecule has 0 fully saturated rings. The van der Waals surface area contributed by atoms with Gasteiger partial charge in [0.1, 0.15) is 0 Å². The second-order valence-electron chi connectivity index (χ2n) is 5.38. The van der Waals surface area contributed by atoms with Gasteiger partial charge in [-0.15, -0.1) is 0 Å². The Kier molecular flexibility index (Phi) is 4.92. The van der Waals surface area contributed by atoms with Crippen LogP contribution in [0.2, 0.25) is 0 Å². The van der Waals surface area contributed by atoms with Crippen molar-refractivity contribution >= 4 is 33.9 Å². The second kappa shape index (κ2) is 6.70. The molecule has 1 aromatic carbocycles. The molecular formula is C16H20N4OS. The first-order chi connectivity index (χ1) is 10.4. The summed E-state index contributed by atoms with van der Waals surface area (Å²) in [6, 6.07) is 5.83. The molecule has 0 spiro atoms. The maximum atomic E-state index is 12.7. The fourth-order valence-corrected chi connectivity index (χ4v) is 2.53. The summed E-state index contributed by atoms with van der Waals surface area (Å²) in [7, 11) is 0. The summed E-state index contributed by atoms with van der Waals surface area (Å²) >= 11 is 4.70. The number of nitrogens with one attached hydrogen (secondary N) is 2. The Labute approximate surface area is 134 Å². The third-order valence-corrected chi connectivity index (χ3v) is 3.73. The van der Waals surface area contributed by atoms with Gasteiger partial charge in [0.15, 0.2) is 10.5 Å². The largest absolute Gasteiger partial charge is 0.375 e. The Morgan fingerprint density at radius 1 is 1.41 bits per heavy atom. The molecule has 2 aromatic rings. The standard InChI is InChI=1S/C16H20N4OS/c1-9-5-4-6-13-14(9)15(21)12(11(3)18-13)8-7-10(2)19-20-16(17)22/h4-6H,7-8H2,1-3H3,(H,18,21)(H3,17,20,22). The van der Waals surface area contributed by atoms with Gasteiger partial charge in [-0.2, -0.15) is 5.10 Å². The highest BCUT2D eigenvalue weighted by Crippen LogP contribution is 2.16.